The lowest BCUT2D eigenvalue weighted by atomic mass is 9.76. The highest BCUT2D eigenvalue weighted by Crippen LogP contribution is 2.46. The van der Waals surface area contributed by atoms with Gasteiger partial charge in [-0.25, -0.2) is 0 Å². The van der Waals surface area contributed by atoms with Crippen LogP contribution in [0.1, 0.15) is 79.0 Å². The van der Waals surface area contributed by atoms with Crippen molar-refractivity contribution in [3.05, 3.63) is 47.0 Å². The maximum absolute atomic E-state index is 11.2. The molecule has 2 aromatic rings. The van der Waals surface area contributed by atoms with E-state index in [1.807, 2.05) is 12.1 Å². The second-order valence-electron chi connectivity index (χ2n) is 10.4. The van der Waals surface area contributed by atoms with E-state index in [1.165, 1.54) is 5.56 Å². The molecule has 0 amide bonds. The average Bonchev–Trinajstić information content (AvgIpc) is 2.43. The SMILES string of the molecule is CC(C)(C)c1cc(-c2cccc(O)c2C(C)(C)C)c(O)c(C(C)(C)C)c1. The first-order valence-corrected chi connectivity index (χ1v) is 9.35. The third-order valence-electron chi connectivity index (χ3n) is 4.87. The van der Waals surface area contributed by atoms with E-state index < -0.39 is 0 Å². The molecule has 0 saturated carbocycles. The Kier molecular flexibility index (Phi) is 4.96. The predicted molar refractivity (Wildman–Crippen MR) is 111 cm³/mol. The van der Waals surface area contributed by atoms with E-state index >= 15 is 0 Å². The molecular formula is C24H34O2. The Morgan fingerprint density at radius 2 is 1.23 bits per heavy atom. The van der Waals surface area contributed by atoms with Crippen molar-refractivity contribution in [1.29, 1.82) is 0 Å². The largest absolute Gasteiger partial charge is 0.508 e. The van der Waals surface area contributed by atoms with Gasteiger partial charge in [0.25, 0.3) is 0 Å². The fourth-order valence-electron chi connectivity index (χ4n) is 3.40. The van der Waals surface area contributed by atoms with E-state index in [2.05, 4.69) is 74.4 Å². The van der Waals surface area contributed by atoms with Gasteiger partial charge in [-0.2, -0.15) is 0 Å². The van der Waals surface area contributed by atoms with Crippen LogP contribution >= 0.6 is 0 Å². The maximum atomic E-state index is 11.2. The first-order chi connectivity index (χ1) is 11.6. The van der Waals surface area contributed by atoms with Gasteiger partial charge >= 0.3 is 0 Å². The van der Waals surface area contributed by atoms with Gasteiger partial charge < -0.3 is 10.2 Å². The molecule has 0 saturated heterocycles. The molecule has 2 nitrogen and oxygen atoms in total. The molecule has 0 radical (unpaired) electrons. The summed E-state index contributed by atoms with van der Waals surface area (Å²) < 4.78 is 0. The summed E-state index contributed by atoms with van der Waals surface area (Å²) in [5.74, 6) is 0.578. The predicted octanol–water partition coefficient (Wildman–Crippen LogP) is 6.66. The Hall–Kier alpha value is -1.96. The van der Waals surface area contributed by atoms with E-state index in [0.29, 0.717) is 5.75 Å². The number of phenolic OH excluding ortho intramolecular Hbond substituents is 2. The number of phenols is 2. The van der Waals surface area contributed by atoms with Gasteiger partial charge in [-0.3, -0.25) is 0 Å². The molecule has 2 rings (SSSR count). The Morgan fingerprint density at radius 1 is 0.654 bits per heavy atom. The van der Waals surface area contributed by atoms with Crippen LogP contribution in [0.15, 0.2) is 30.3 Å². The van der Waals surface area contributed by atoms with Gasteiger partial charge in [0.2, 0.25) is 0 Å². The van der Waals surface area contributed by atoms with Crippen LogP contribution in [0.3, 0.4) is 0 Å². The number of hydrogen-bond donors (Lipinski definition) is 2. The van der Waals surface area contributed by atoms with Gasteiger partial charge in [0, 0.05) is 16.7 Å². The number of aromatic hydroxyl groups is 2. The highest BCUT2D eigenvalue weighted by molar-refractivity contribution is 5.78. The van der Waals surface area contributed by atoms with Gasteiger partial charge in [0.15, 0.2) is 0 Å². The molecule has 0 aromatic heterocycles. The summed E-state index contributed by atoms with van der Waals surface area (Å²) in [6, 6.07) is 9.76. The summed E-state index contributed by atoms with van der Waals surface area (Å²) >= 11 is 0. The Bertz CT molecular complexity index is 810. The minimum Gasteiger partial charge on any atom is -0.508 e. The molecule has 0 atom stereocenters. The zero-order valence-corrected chi connectivity index (χ0v) is 17.8. The highest BCUT2D eigenvalue weighted by Gasteiger charge is 2.29. The van der Waals surface area contributed by atoms with Crippen LogP contribution in [0, 0.1) is 0 Å². The van der Waals surface area contributed by atoms with E-state index in [1.54, 1.807) is 6.07 Å². The third-order valence-corrected chi connectivity index (χ3v) is 4.87. The molecule has 0 unspecified atom stereocenters. The van der Waals surface area contributed by atoms with E-state index in [4.69, 9.17) is 0 Å². The van der Waals surface area contributed by atoms with E-state index in [9.17, 15) is 10.2 Å². The van der Waals surface area contributed by atoms with E-state index in [-0.39, 0.29) is 22.0 Å². The van der Waals surface area contributed by atoms with Gasteiger partial charge in [-0.05, 0) is 39.5 Å². The lowest BCUT2D eigenvalue weighted by Crippen LogP contribution is -2.18. The van der Waals surface area contributed by atoms with Gasteiger partial charge in [-0.1, -0.05) is 80.5 Å². The van der Waals surface area contributed by atoms with Crippen LogP contribution in [0.2, 0.25) is 0 Å². The Morgan fingerprint density at radius 3 is 1.69 bits per heavy atom. The zero-order valence-electron chi connectivity index (χ0n) is 17.8. The second kappa shape index (κ2) is 6.33. The van der Waals surface area contributed by atoms with Crippen molar-refractivity contribution in [3.63, 3.8) is 0 Å². The third kappa shape index (κ3) is 3.90. The number of hydrogen-bond acceptors (Lipinski definition) is 2. The molecule has 0 heterocycles. The van der Waals surface area contributed by atoms with Crippen LogP contribution < -0.4 is 0 Å². The molecule has 0 aliphatic rings. The molecule has 142 valence electrons. The summed E-state index contributed by atoms with van der Waals surface area (Å²) in [4.78, 5) is 0. The summed E-state index contributed by atoms with van der Waals surface area (Å²) in [6.45, 7) is 19.2. The van der Waals surface area contributed by atoms with Gasteiger partial charge in [0.1, 0.15) is 11.5 Å². The van der Waals surface area contributed by atoms with Crippen LogP contribution in [0.5, 0.6) is 11.5 Å². The molecule has 26 heavy (non-hydrogen) atoms. The molecule has 0 aliphatic carbocycles. The zero-order chi connectivity index (χ0) is 20.1. The average molecular weight is 355 g/mol. The van der Waals surface area contributed by atoms with Crippen molar-refractivity contribution in [2.75, 3.05) is 0 Å². The molecule has 0 fully saturated rings. The molecule has 2 heteroatoms. The molecule has 0 bridgehead atoms. The molecular weight excluding hydrogens is 320 g/mol. The fourth-order valence-corrected chi connectivity index (χ4v) is 3.40. The van der Waals surface area contributed by atoms with Crippen LogP contribution in [0.4, 0.5) is 0 Å². The van der Waals surface area contributed by atoms with Crippen LogP contribution in [0.25, 0.3) is 11.1 Å². The summed E-state index contributed by atoms with van der Waals surface area (Å²) in [7, 11) is 0. The number of benzene rings is 2. The molecule has 0 spiro atoms. The van der Waals surface area contributed by atoms with Crippen LogP contribution in [-0.4, -0.2) is 10.2 Å². The summed E-state index contributed by atoms with van der Waals surface area (Å²) in [5, 5.41) is 21.7. The first kappa shape index (κ1) is 20.4. The van der Waals surface area contributed by atoms with Crippen molar-refractivity contribution >= 4 is 0 Å². The van der Waals surface area contributed by atoms with Crippen molar-refractivity contribution in [2.24, 2.45) is 0 Å². The Balaban J connectivity index is 2.94. The second-order valence-corrected chi connectivity index (χ2v) is 10.4. The first-order valence-electron chi connectivity index (χ1n) is 9.35. The van der Waals surface area contributed by atoms with Crippen molar-refractivity contribution in [2.45, 2.75) is 78.6 Å². The molecule has 2 N–H and O–H groups in total. The topological polar surface area (TPSA) is 40.5 Å². The highest BCUT2D eigenvalue weighted by atomic mass is 16.3. The van der Waals surface area contributed by atoms with Crippen molar-refractivity contribution < 1.29 is 10.2 Å². The summed E-state index contributed by atoms with van der Waals surface area (Å²) in [5.41, 5.74) is 4.20. The van der Waals surface area contributed by atoms with Crippen LogP contribution in [-0.2, 0) is 16.2 Å². The molecule has 0 aliphatic heterocycles. The lowest BCUT2D eigenvalue weighted by molar-refractivity contribution is 0.443. The minimum absolute atomic E-state index is 0.0405. The normalized spacial score (nSPS) is 13.1. The lowest BCUT2D eigenvalue weighted by Gasteiger charge is -2.29. The minimum atomic E-state index is -0.243. The standard InChI is InChI=1S/C24H34O2/c1-22(2,3)15-13-17(21(26)18(14-15)23(4,5)6)16-11-10-12-19(25)20(16)24(7,8)9/h10-14,25-26H,1-9H3. The van der Waals surface area contributed by atoms with Gasteiger partial charge in [0.05, 0.1) is 0 Å². The smallest absolute Gasteiger partial charge is 0.127 e. The molecule has 2 aromatic carbocycles. The van der Waals surface area contributed by atoms with Crippen molar-refractivity contribution in [3.8, 4) is 22.6 Å². The quantitative estimate of drug-likeness (QED) is 0.601. The van der Waals surface area contributed by atoms with Crippen molar-refractivity contribution in [1.82, 2.24) is 0 Å². The summed E-state index contributed by atoms with van der Waals surface area (Å²) in [6.07, 6.45) is 0. The fraction of sp³-hybridized carbons (Fsp3) is 0.500. The van der Waals surface area contributed by atoms with Gasteiger partial charge in [-0.15, -0.1) is 0 Å². The van der Waals surface area contributed by atoms with E-state index in [0.717, 1.165) is 22.3 Å². The number of rotatable bonds is 1. The maximum Gasteiger partial charge on any atom is 0.127 e. The monoisotopic (exact) mass is 354 g/mol. The Labute approximate surface area is 158 Å².